The molecule has 3 rings (SSSR count). The number of halogens is 1. The van der Waals surface area contributed by atoms with Gasteiger partial charge in [-0.15, -0.1) is 0 Å². The van der Waals surface area contributed by atoms with Crippen LogP contribution >= 0.6 is 11.6 Å². The van der Waals surface area contributed by atoms with Crippen LogP contribution in [0.15, 0.2) is 71.8 Å². The molecular weight excluding hydrogens is 414 g/mol. The number of rotatable bonds is 7. The molecule has 7 heteroatoms. The zero-order chi connectivity index (χ0) is 22.4. The van der Waals surface area contributed by atoms with Gasteiger partial charge in [0, 0.05) is 31.0 Å². The van der Waals surface area contributed by atoms with Gasteiger partial charge in [-0.25, -0.2) is 0 Å². The fourth-order valence-corrected chi connectivity index (χ4v) is 3.60. The summed E-state index contributed by atoms with van der Waals surface area (Å²) in [4.78, 5) is 38.1. The lowest BCUT2D eigenvalue weighted by atomic mass is 10.1. The molecule has 0 aliphatic rings. The number of aryl methyl sites for hydroxylation is 2. The van der Waals surface area contributed by atoms with Gasteiger partial charge >= 0.3 is 0 Å². The molecule has 0 saturated carbocycles. The molecule has 3 aromatic rings. The van der Waals surface area contributed by atoms with Crippen LogP contribution in [-0.4, -0.2) is 23.4 Å². The largest absolute Gasteiger partial charge is 0.355 e. The number of carbonyl (C=O) groups is 2. The molecule has 31 heavy (non-hydrogen) atoms. The fraction of sp³-hybridized carbons (Fsp3) is 0.208. The second kappa shape index (κ2) is 10.1. The molecule has 1 aromatic heterocycles. The molecular formula is C24H24ClN3O3. The Morgan fingerprint density at radius 1 is 0.968 bits per heavy atom. The number of nitrogens with zero attached hydrogens (tertiary/aromatic N) is 1. The molecule has 0 saturated heterocycles. The van der Waals surface area contributed by atoms with E-state index in [2.05, 4.69) is 10.6 Å². The van der Waals surface area contributed by atoms with E-state index in [1.807, 2.05) is 42.5 Å². The van der Waals surface area contributed by atoms with Crippen molar-refractivity contribution in [1.29, 1.82) is 0 Å². The van der Waals surface area contributed by atoms with E-state index in [-0.39, 0.29) is 11.1 Å². The Kier molecular flexibility index (Phi) is 7.26. The average molecular weight is 438 g/mol. The van der Waals surface area contributed by atoms with Gasteiger partial charge in [0.25, 0.3) is 11.8 Å². The number of hydrogen-bond donors (Lipinski definition) is 2. The quantitative estimate of drug-likeness (QED) is 0.592. The lowest BCUT2D eigenvalue weighted by molar-refractivity contribution is 0.0938. The predicted molar refractivity (Wildman–Crippen MR) is 122 cm³/mol. The smallest absolute Gasteiger partial charge is 0.257 e. The van der Waals surface area contributed by atoms with Crippen molar-refractivity contribution in [1.82, 2.24) is 15.2 Å². The number of aromatic nitrogens is 1. The summed E-state index contributed by atoms with van der Waals surface area (Å²) in [7, 11) is 1.45. The SMILES string of the molecule is CNC(=O)c1cn(CCc2ccccc2)cc(C(=O)N[C@@H](C)c2ccccc2Cl)c1=O. The number of amides is 2. The van der Waals surface area contributed by atoms with Crippen molar-refractivity contribution < 1.29 is 9.59 Å². The van der Waals surface area contributed by atoms with Gasteiger partial charge in [0.05, 0.1) is 6.04 Å². The molecule has 0 aliphatic heterocycles. The fourth-order valence-electron chi connectivity index (χ4n) is 3.30. The van der Waals surface area contributed by atoms with Crippen LogP contribution in [-0.2, 0) is 13.0 Å². The molecule has 2 N–H and O–H groups in total. The molecule has 1 heterocycles. The van der Waals surface area contributed by atoms with Gasteiger partial charge in [0.15, 0.2) is 0 Å². The molecule has 2 aromatic carbocycles. The number of benzene rings is 2. The first-order valence-electron chi connectivity index (χ1n) is 9.96. The van der Waals surface area contributed by atoms with Crippen molar-refractivity contribution in [2.24, 2.45) is 0 Å². The third kappa shape index (κ3) is 5.41. The van der Waals surface area contributed by atoms with Crippen molar-refractivity contribution in [2.75, 3.05) is 7.05 Å². The van der Waals surface area contributed by atoms with E-state index in [0.717, 1.165) is 11.1 Å². The Morgan fingerprint density at radius 3 is 2.23 bits per heavy atom. The Labute approximate surface area is 185 Å². The number of hydrogen-bond acceptors (Lipinski definition) is 3. The lowest BCUT2D eigenvalue weighted by Crippen LogP contribution is -2.35. The van der Waals surface area contributed by atoms with Crippen molar-refractivity contribution in [3.8, 4) is 0 Å². The maximum atomic E-state index is 13.0. The van der Waals surface area contributed by atoms with Crippen LogP contribution in [0.5, 0.6) is 0 Å². The van der Waals surface area contributed by atoms with E-state index in [1.54, 1.807) is 23.6 Å². The Bertz CT molecular complexity index is 1140. The van der Waals surface area contributed by atoms with Gasteiger partial charge in [-0.05, 0) is 30.5 Å². The van der Waals surface area contributed by atoms with Crippen molar-refractivity contribution >= 4 is 23.4 Å². The highest BCUT2D eigenvalue weighted by atomic mass is 35.5. The normalized spacial score (nSPS) is 11.6. The van der Waals surface area contributed by atoms with E-state index >= 15 is 0 Å². The van der Waals surface area contributed by atoms with Crippen LogP contribution in [0.2, 0.25) is 5.02 Å². The molecule has 2 amide bonds. The monoisotopic (exact) mass is 437 g/mol. The van der Waals surface area contributed by atoms with Crippen LogP contribution in [0.4, 0.5) is 0 Å². The summed E-state index contributed by atoms with van der Waals surface area (Å²) in [6.45, 7) is 2.30. The molecule has 0 fully saturated rings. The summed E-state index contributed by atoms with van der Waals surface area (Å²) in [6, 6.07) is 16.6. The molecule has 0 radical (unpaired) electrons. The number of nitrogens with one attached hydrogen (secondary N) is 2. The first kappa shape index (κ1) is 22.3. The lowest BCUT2D eigenvalue weighted by Gasteiger charge is -2.17. The van der Waals surface area contributed by atoms with E-state index in [9.17, 15) is 14.4 Å². The first-order chi connectivity index (χ1) is 14.9. The van der Waals surface area contributed by atoms with Crippen molar-refractivity contribution in [3.63, 3.8) is 0 Å². The van der Waals surface area contributed by atoms with Crippen LogP contribution in [0, 0.1) is 0 Å². The Balaban J connectivity index is 1.90. The minimum absolute atomic E-state index is 0.0754. The molecule has 0 unspecified atom stereocenters. The molecule has 6 nitrogen and oxygen atoms in total. The van der Waals surface area contributed by atoms with Crippen LogP contribution < -0.4 is 16.1 Å². The average Bonchev–Trinajstić information content (AvgIpc) is 2.78. The van der Waals surface area contributed by atoms with E-state index in [1.165, 1.54) is 19.4 Å². The zero-order valence-electron chi connectivity index (χ0n) is 17.4. The molecule has 0 aliphatic carbocycles. The summed E-state index contributed by atoms with van der Waals surface area (Å²) in [5.74, 6) is -1.09. The predicted octanol–water partition coefficient (Wildman–Crippen LogP) is 3.60. The summed E-state index contributed by atoms with van der Waals surface area (Å²) in [6.07, 6.45) is 3.67. The molecule has 0 bridgehead atoms. The van der Waals surface area contributed by atoms with Gasteiger partial charge in [0.2, 0.25) is 5.43 Å². The second-order valence-electron chi connectivity index (χ2n) is 7.18. The minimum Gasteiger partial charge on any atom is -0.355 e. The molecule has 1 atom stereocenters. The summed E-state index contributed by atoms with van der Waals surface area (Å²) < 4.78 is 1.70. The summed E-state index contributed by atoms with van der Waals surface area (Å²) in [5.41, 5.74) is 1.08. The highest BCUT2D eigenvalue weighted by molar-refractivity contribution is 6.31. The number of pyridine rings is 1. The highest BCUT2D eigenvalue weighted by Gasteiger charge is 2.21. The van der Waals surface area contributed by atoms with Crippen LogP contribution in [0.25, 0.3) is 0 Å². The van der Waals surface area contributed by atoms with Gasteiger partial charge < -0.3 is 15.2 Å². The van der Waals surface area contributed by atoms with Crippen LogP contribution in [0.1, 0.15) is 44.8 Å². The number of carbonyl (C=O) groups excluding carboxylic acids is 2. The van der Waals surface area contributed by atoms with Gasteiger partial charge in [-0.2, -0.15) is 0 Å². The van der Waals surface area contributed by atoms with Gasteiger partial charge in [0.1, 0.15) is 11.1 Å². The third-order valence-corrected chi connectivity index (χ3v) is 5.36. The third-order valence-electron chi connectivity index (χ3n) is 5.02. The second-order valence-corrected chi connectivity index (χ2v) is 7.59. The topological polar surface area (TPSA) is 80.2 Å². The van der Waals surface area contributed by atoms with Crippen molar-refractivity contribution in [3.05, 3.63) is 104 Å². The maximum absolute atomic E-state index is 13.0. The zero-order valence-corrected chi connectivity index (χ0v) is 18.1. The Hall–Kier alpha value is -3.38. The molecule has 160 valence electrons. The Morgan fingerprint density at radius 2 is 1.58 bits per heavy atom. The van der Waals surface area contributed by atoms with E-state index < -0.39 is 23.3 Å². The van der Waals surface area contributed by atoms with Crippen LogP contribution in [0.3, 0.4) is 0 Å². The summed E-state index contributed by atoms with van der Waals surface area (Å²) >= 11 is 6.22. The van der Waals surface area contributed by atoms with E-state index in [4.69, 9.17) is 11.6 Å². The van der Waals surface area contributed by atoms with Gasteiger partial charge in [-0.3, -0.25) is 14.4 Å². The summed E-state index contributed by atoms with van der Waals surface area (Å²) in [5, 5.41) is 5.80. The highest BCUT2D eigenvalue weighted by Crippen LogP contribution is 2.22. The van der Waals surface area contributed by atoms with Crippen molar-refractivity contribution in [2.45, 2.75) is 25.9 Å². The van der Waals surface area contributed by atoms with Gasteiger partial charge in [-0.1, -0.05) is 60.1 Å². The minimum atomic E-state index is -0.612. The first-order valence-corrected chi connectivity index (χ1v) is 10.3. The maximum Gasteiger partial charge on any atom is 0.257 e. The molecule has 0 spiro atoms. The van der Waals surface area contributed by atoms with E-state index in [0.29, 0.717) is 18.0 Å². The standard InChI is InChI=1S/C24H24ClN3O3/c1-16(18-10-6-7-11-21(18)25)27-24(31)20-15-28(13-12-17-8-4-3-5-9-17)14-19(22(20)29)23(30)26-2/h3-11,14-16H,12-13H2,1-2H3,(H,26,30)(H,27,31)/t16-/m0/s1.